The Labute approximate surface area is 893 Å². The summed E-state index contributed by atoms with van der Waals surface area (Å²) < 4.78 is 0. The van der Waals surface area contributed by atoms with E-state index >= 15 is 0 Å². The highest BCUT2D eigenvalue weighted by atomic mass is 16.3. The van der Waals surface area contributed by atoms with Crippen molar-refractivity contribution in [2.24, 2.45) is 195 Å². The molecule has 16 nitrogen and oxygen atoms in total. The van der Waals surface area contributed by atoms with Gasteiger partial charge in [0, 0.05) is 99.9 Å². The molecular weight excluding hydrogens is 1780 g/mol. The summed E-state index contributed by atoms with van der Waals surface area (Å²) in [6.07, 6.45) is 99.5. The van der Waals surface area contributed by atoms with Crippen LogP contribution in [0.3, 0.4) is 0 Å². The Hall–Kier alpha value is -0.640. The van der Waals surface area contributed by atoms with Gasteiger partial charge in [-0.15, -0.1) is 0 Å². The van der Waals surface area contributed by atoms with Gasteiger partial charge in [0.25, 0.3) is 0 Å². The van der Waals surface area contributed by atoms with E-state index in [9.17, 15) is 0 Å². The molecule has 16 fully saturated rings. The van der Waals surface area contributed by atoms with Crippen LogP contribution in [0.25, 0.3) is 0 Å². The van der Waals surface area contributed by atoms with E-state index in [1.165, 1.54) is 180 Å². The van der Waals surface area contributed by atoms with E-state index in [4.69, 9.17) is 66.4 Å². The van der Waals surface area contributed by atoms with Crippen LogP contribution in [0.1, 0.15) is 516 Å². The second-order valence-corrected chi connectivity index (χ2v) is 47.4. The van der Waals surface area contributed by atoms with Crippen molar-refractivity contribution in [3.8, 4) is 0 Å². The molecule has 0 aromatic carbocycles. The minimum atomic E-state index is 0. The van der Waals surface area contributed by atoms with Gasteiger partial charge >= 0.3 is 0 Å². The molecule has 143 heavy (non-hydrogen) atoms. The van der Waals surface area contributed by atoms with Crippen molar-refractivity contribution in [3.05, 3.63) is 0 Å². The lowest BCUT2D eigenvalue weighted by molar-refractivity contribution is -0.00282. The predicted molar refractivity (Wildman–Crippen MR) is 622 cm³/mol. The van der Waals surface area contributed by atoms with E-state index in [1.54, 1.807) is 244 Å². The Bertz CT molecular complexity index is 2390. The molecule has 1 saturated heterocycles. The predicted octanol–water partition coefficient (Wildman–Crippen LogP) is 29.6. The van der Waals surface area contributed by atoms with Crippen LogP contribution in [0.5, 0.6) is 0 Å². The lowest BCUT2D eigenvalue weighted by atomic mass is 9.55. The second-order valence-electron chi connectivity index (χ2n) is 47.4. The van der Waals surface area contributed by atoms with Gasteiger partial charge < -0.3 is 82.7 Å². The molecule has 15 saturated carbocycles. The number of hydrogen-bond donors (Lipinski definition) is 14. The Kier molecular flexibility index (Phi) is 104. The number of nitrogens with one attached hydrogen (secondary N) is 1. The van der Waals surface area contributed by atoms with Crippen molar-refractivity contribution >= 4 is 0 Å². The highest BCUT2D eigenvalue weighted by Crippen LogP contribution is 2.57. The first-order chi connectivity index (χ1) is 69.2. The lowest BCUT2D eigenvalue weighted by Gasteiger charge is -2.50. The molecule has 0 aromatic heterocycles. The van der Waals surface area contributed by atoms with Crippen LogP contribution in [0.4, 0.5) is 0 Å². The summed E-state index contributed by atoms with van der Waals surface area (Å²) in [4.78, 5) is 0. The first kappa shape index (κ1) is 151. The largest absolute Gasteiger partial charge is 0.412 e. The number of aliphatic hydroxyl groups is 13. The van der Waals surface area contributed by atoms with Crippen LogP contribution < -0.4 is 5.32 Å². The van der Waals surface area contributed by atoms with Gasteiger partial charge in [0.15, 0.2) is 0 Å². The third kappa shape index (κ3) is 56.0. The fourth-order valence-corrected chi connectivity index (χ4v) is 32.5. The van der Waals surface area contributed by atoms with Gasteiger partial charge in [-0.2, -0.15) is 0 Å². The third-order valence-electron chi connectivity index (χ3n) is 41.7. The molecule has 870 valence electrons. The average molecular weight is 2050 g/mol. The molecule has 0 spiro atoms. The van der Waals surface area contributed by atoms with Gasteiger partial charge in [-0.25, -0.2) is 0 Å². The summed E-state index contributed by atoms with van der Waals surface area (Å²) in [5.41, 5.74) is 0. The molecule has 0 aromatic rings. The molecule has 16 heteroatoms. The summed E-state index contributed by atoms with van der Waals surface area (Å²) in [6.45, 7) is 35.1. The van der Waals surface area contributed by atoms with Crippen LogP contribution in [-0.2, 0) is 0 Å². The van der Waals surface area contributed by atoms with E-state index in [1.807, 2.05) is 0 Å². The number of piperidine rings is 1. The van der Waals surface area contributed by atoms with Gasteiger partial charge in [0.2, 0.25) is 0 Å². The fourth-order valence-electron chi connectivity index (χ4n) is 32.5. The van der Waals surface area contributed by atoms with Crippen molar-refractivity contribution in [1.82, 2.24) is 5.32 Å². The van der Waals surface area contributed by atoms with E-state index in [-0.39, 0.29) is 12.4 Å². The maximum absolute atomic E-state index is 7.00. The molecule has 0 bridgehead atoms. The molecule has 16 rings (SSSR count). The van der Waals surface area contributed by atoms with Crippen LogP contribution in [0.2, 0.25) is 0 Å². The van der Waals surface area contributed by atoms with Crippen molar-refractivity contribution in [1.29, 1.82) is 0 Å². The smallest absolute Gasteiger partial charge is 0.0319 e. The number of hydrogen-bond acceptors (Lipinski definition) is 14. The van der Waals surface area contributed by atoms with Gasteiger partial charge in [0.1, 0.15) is 0 Å². The molecular formula is C127H267NO15. The van der Waals surface area contributed by atoms with Crippen LogP contribution >= 0.6 is 0 Å². The first-order valence-electron chi connectivity index (χ1n) is 61.7. The van der Waals surface area contributed by atoms with Gasteiger partial charge in [-0.1, -0.05) is 341 Å². The molecule has 0 amide bonds. The van der Waals surface area contributed by atoms with Crippen LogP contribution in [0, 0.1) is 195 Å². The minimum Gasteiger partial charge on any atom is -0.412 e. The number of rotatable bonds is 20. The number of aliphatic hydroxyl groups excluding tert-OH is 13. The maximum Gasteiger partial charge on any atom is 0.0319 e. The van der Waals surface area contributed by atoms with Crippen molar-refractivity contribution < 1.29 is 78.8 Å². The zero-order valence-electron chi connectivity index (χ0n) is 101. The Morgan fingerprint density at radius 1 is 0.161 bits per heavy atom. The Balaban J connectivity index is -0.000000379. The fraction of sp³-hybridized carbons (Fsp3) is 1.00. The quantitative estimate of drug-likeness (QED) is 0.0539. The highest BCUT2D eigenvalue weighted by molar-refractivity contribution is 4.98. The van der Waals surface area contributed by atoms with E-state index in [2.05, 4.69) is 102 Å². The summed E-state index contributed by atoms with van der Waals surface area (Å²) in [6, 6.07) is 0.828. The van der Waals surface area contributed by atoms with Crippen molar-refractivity contribution in [3.63, 3.8) is 0 Å². The normalized spacial score (nSPS) is 36.5. The van der Waals surface area contributed by atoms with E-state index in [0.717, 1.165) is 294 Å². The summed E-state index contributed by atoms with van der Waals surface area (Å²) in [5.74, 6) is 35.7. The topological polar surface area (TPSA) is 338 Å². The van der Waals surface area contributed by atoms with Gasteiger partial charge in [-0.05, 0) is 375 Å². The van der Waals surface area contributed by atoms with Gasteiger partial charge in [-0.3, -0.25) is 0 Å². The minimum absolute atomic E-state index is 0. The Morgan fingerprint density at radius 3 is 0.615 bits per heavy atom. The monoisotopic (exact) mass is 2050 g/mol. The summed E-state index contributed by atoms with van der Waals surface area (Å²) >= 11 is 0. The summed E-state index contributed by atoms with van der Waals surface area (Å²) in [5, 5.41) is 94.7. The molecule has 20 atom stereocenters. The SMILES string of the molecule is CCC1CCC(C2CCC(C3CCC(CC)C(C)C3C)CC2)CC1.CCC1CCC(CC2CCC(CC)CC2)CC1.CCC1CCC(CC2CCC(CC3CCC(CC)CC3)CC2)CC1.CCC1CCC2C(CCC3CC(CC)CCC32)C1.CCC1CCC2CC(CC)NCC2C1.CCC1CCC2CC3CC(CC)CCC3CC2C1.CO.CO.CO.CO.CO.CO.CO.CO.CO.CO.CO.CO.CO.O.O.[HH]. The molecule has 18 N–H and O–H groups in total. The average Bonchev–Trinajstić information content (AvgIpc) is 0.745. The van der Waals surface area contributed by atoms with Crippen LogP contribution in [0.15, 0.2) is 0 Å². The lowest BCUT2D eigenvalue weighted by Crippen LogP contribution is -2.45. The molecule has 16 aliphatic rings. The van der Waals surface area contributed by atoms with E-state index < -0.39 is 0 Å². The molecule has 0 radical (unpaired) electrons. The standard InChI is InChI=1S/2C24H44.2C18H32.C17H32.C13H25N.13CH4O.2H2O.H2/c1-5-19-7-9-21(10-8-19)22-11-13-23(14-12-22)24-16-15-20(6-2)17(3)18(24)4;1-3-19-5-9-21(10-6-19)17-23-13-15-24(16-14-23)18-22-11-7-20(4-2)8-12-22;1-3-13-5-9-17-15(11-13)7-8-16-12-14(4-2)6-10-18(16)17;1-3-13-5-7-15-12-18-10-14(4-2)6-8-16(18)11-17(15)9-13;1-3-14-5-9-16(10-6-14)13-17-11-7-15(4-2)8-12-17;1-3-10-5-6-11-8-13(4-2)14-9-12(11)7-10;13*1-2;;;/h17-24H,5-16H2,1-4H3;19-24H,3-18H2,1-2H3;2*13-18H,3-12H2,1-2H3;14-17H,3-13H2,1-2H3;10-14H,3-9H2,1-2H3;13*2H,1H3;2*1H2;1H. The second kappa shape index (κ2) is 98.3. The molecule has 15 aliphatic carbocycles. The third-order valence-corrected chi connectivity index (χ3v) is 41.7. The summed E-state index contributed by atoms with van der Waals surface area (Å²) in [7, 11) is 13.0. The highest BCUT2D eigenvalue weighted by Gasteiger charge is 2.47. The van der Waals surface area contributed by atoms with Gasteiger partial charge in [0.05, 0.1) is 0 Å². The maximum atomic E-state index is 7.00. The molecule has 1 aliphatic heterocycles. The zero-order chi connectivity index (χ0) is 107. The first-order valence-corrected chi connectivity index (χ1v) is 61.7. The van der Waals surface area contributed by atoms with Crippen LogP contribution in [-0.4, -0.2) is 182 Å². The van der Waals surface area contributed by atoms with Crippen molar-refractivity contribution in [2.75, 3.05) is 99.0 Å². The zero-order valence-corrected chi connectivity index (χ0v) is 101. The molecule has 1 heterocycles. The van der Waals surface area contributed by atoms with E-state index in [0.29, 0.717) is 0 Å². The number of fused-ring (bicyclic) bond motifs is 6. The van der Waals surface area contributed by atoms with Crippen molar-refractivity contribution in [2.45, 2.75) is 520 Å². The Morgan fingerprint density at radius 2 is 0.357 bits per heavy atom. The molecule has 20 unspecified atom stereocenters.